The lowest BCUT2D eigenvalue weighted by atomic mass is 10.3. The van der Waals surface area contributed by atoms with Gasteiger partial charge in [-0.25, -0.2) is 9.97 Å². The molecule has 0 saturated carbocycles. The fourth-order valence-corrected chi connectivity index (χ4v) is 5.73. The van der Waals surface area contributed by atoms with Gasteiger partial charge in [0, 0.05) is 31.0 Å². The minimum Gasteiger partial charge on any atom is -0.378 e. The summed E-state index contributed by atoms with van der Waals surface area (Å²) in [6, 6.07) is 5.73. The van der Waals surface area contributed by atoms with E-state index in [2.05, 4.69) is 25.2 Å². The molecule has 4 heterocycles. The molecule has 0 aliphatic carbocycles. The van der Waals surface area contributed by atoms with Crippen molar-refractivity contribution in [2.45, 2.75) is 23.5 Å². The van der Waals surface area contributed by atoms with E-state index >= 15 is 0 Å². The smallest absolute Gasteiger partial charge is 0.275 e. The molecule has 3 aromatic rings. The molecule has 11 heteroatoms. The first kappa shape index (κ1) is 22.5. The van der Waals surface area contributed by atoms with Crippen molar-refractivity contribution in [3.05, 3.63) is 36.3 Å². The zero-order valence-corrected chi connectivity index (χ0v) is 19.7. The highest BCUT2D eigenvalue weighted by Crippen LogP contribution is 2.32. The summed E-state index contributed by atoms with van der Waals surface area (Å²) in [4.78, 5) is 28.2. The van der Waals surface area contributed by atoms with Crippen LogP contribution in [0.3, 0.4) is 0 Å². The summed E-state index contributed by atoms with van der Waals surface area (Å²) < 4.78 is 18.6. The van der Waals surface area contributed by atoms with Crippen molar-refractivity contribution < 1.29 is 19.0 Å². The van der Waals surface area contributed by atoms with Crippen LogP contribution in [-0.2, 0) is 14.2 Å². The molecule has 2 saturated heterocycles. The van der Waals surface area contributed by atoms with E-state index in [-0.39, 0.29) is 17.9 Å². The number of carbonyl (C=O) groups excluding carboxylic acids is 1. The number of nitrogens with one attached hydrogen (secondary N) is 1. The molecule has 1 aromatic carbocycles. The number of fused-ring (bicyclic) bond motifs is 1. The molecular formula is C22H25N5O4S2. The Morgan fingerprint density at radius 2 is 2.00 bits per heavy atom. The monoisotopic (exact) mass is 487 g/mol. The van der Waals surface area contributed by atoms with Crippen molar-refractivity contribution in [3.8, 4) is 0 Å². The first-order valence-corrected chi connectivity index (χ1v) is 12.8. The molecule has 2 fully saturated rings. The van der Waals surface area contributed by atoms with Crippen molar-refractivity contribution in [1.29, 1.82) is 0 Å². The number of amides is 1. The highest BCUT2D eigenvalue weighted by Gasteiger charge is 2.17. The Balaban J connectivity index is 1.20. The Labute approximate surface area is 199 Å². The molecule has 0 bridgehead atoms. The highest BCUT2D eigenvalue weighted by atomic mass is 32.2. The number of carbonyl (C=O) groups is 1. The zero-order chi connectivity index (χ0) is 22.5. The van der Waals surface area contributed by atoms with Gasteiger partial charge >= 0.3 is 0 Å². The number of benzene rings is 1. The van der Waals surface area contributed by atoms with E-state index in [1.165, 1.54) is 6.20 Å². The Hall–Kier alpha value is -2.31. The van der Waals surface area contributed by atoms with Crippen molar-refractivity contribution >= 4 is 50.7 Å². The first-order chi connectivity index (χ1) is 16.2. The van der Waals surface area contributed by atoms with Gasteiger partial charge in [-0.15, -0.1) is 11.3 Å². The molecule has 174 valence electrons. The van der Waals surface area contributed by atoms with Gasteiger partial charge in [0.2, 0.25) is 0 Å². The third-order valence-electron chi connectivity index (χ3n) is 5.29. The number of anilines is 2. The molecular weight excluding hydrogens is 462 g/mol. The van der Waals surface area contributed by atoms with Crippen LogP contribution in [0.4, 0.5) is 11.5 Å². The Morgan fingerprint density at radius 3 is 2.85 bits per heavy atom. The topological polar surface area (TPSA) is 98.7 Å². The van der Waals surface area contributed by atoms with Crippen LogP contribution in [0.5, 0.6) is 0 Å². The maximum absolute atomic E-state index is 12.8. The summed E-state index contributed by atoms with van der Waals surface area (Å²) in [5, 5.41) is 2.93. The van der Waals surface area contributed by atoms with Crippen LogP contribution in [0.15, 0.2) is 34.9 Å². The number of ether oxygens (including phenoxy) is 3. The normalized spacial score (nSPS) is 17.4. The van der Waals surface area contributed by atoms with E-state index in [1.54, 1.807) is 29.3 Å². The molecule has 5 rings (SSSR count). The van der Waals surface area contributed by atoms with Gasteiger partial charge in [-0.05, 0) is 24.6 Å². The number of aromatic nitrogens is 3. The third kappa shape index (κ3) is 5.79. The lowest BCUT2D eigenvalue weighted by Crippen LogP contribution is -2.37. The van der Waals surface area contributed by atoms with Crippen LogP contribution < -0.4 is 10.2 Å². The van der Waals surface area contributed by atoms with Gasteiger partial charge in [0.1, 0.15) is 11.5 Å². The van der Waals surface area contributed by atoms with E-state index < -0.39 is 0 Å². The predicted octanol–water partition coefficient (Wildman–Crippen LogP) is 3.42. The van der Waals surface area contributed by atoms with Gasteiger partial charge in [0.25, 0.3) is 5.91 Å². The second-order valence-corrected chi connectivity index (χ2v) is 10.0. The van der Waals surface area contributed by atoms with Crippen LogP contribution in [0.1, 0.15) is 23.3 Å². The SMILES string of the molecule is O=C(Nc1ccc2nc(SCCC3OCCCO3)sc2c1)c1cncc(N2CCOCC2)n1. The molecule has 0 unspecified atom stereocenters. The summed E-state index contributed by atoms with van der Waals surface area (Å²) in [6.45, 7) is 4.32. The molecule has 2 aliphatic heterocycles. The summed E-state index contributed by atoms with van der Waals surface area (Å²) in [5.74, 6) is 1.28. The number of morpholine rings is 1. The van der Waals surface area contributed by atoms with E-state index in [4.69, 9.17) is 14.2 Å². The summed E-state index contributed by atoms with van der Waals surface area (Å²) in [6.07, 6.45) is 4.86. The van der Waals surface area contributed by atoms with Crippen LogP contribution in [0, 0.1) is 0 Å². The molecule has 33 heavy (non-hydrogen) atoms. The number of hydrogen-bond acceptors (Lipinski definition) is 10. The molecule has 0 atom stereocenters. The van der Waals surface area contributed by atoms with E-state index in [1.807, 2.05) is 18.2 Å². The second-order valence-electron chi connectivity index (χ2n) is 7.64. The fraction of sp³-hybridized carbons (Fsp3) is 0.455. The van der Waals surface area contributed by atoms with Gasteiger partial charge in [0.15, 0.2) is 10.6 Å². The van der Waals surface area contributed by atoms with E-state index in [0.717, 1.165) is 59.5 Å². The third-order valence-corrected chi connectivity index (χ3v) is 7.49. The van der Waals surface area contributed by atoms with Crippen molar-refractivity contribution in [1.82, 2.24) is 15.0 Å². The lowest BCUT2D eigenvalue weighted by Gasteiger charge is -2.27. The van der Waals surface area contributed by atoms with Gasteiger partial charge < -0.3 is 24.4 Å². The second kappa shape index (κ2) is 10.7. The quantitative estimate of drug-likeness (QED) is 0.503. The Bertz CT molecular complexity index is 1100. The maximum Gasteiger partial charge on any atom is 0.275 e. The van der Waals surface area contributed by atoms with E-state index in [0.29, 0.717) is 24.7 Å². The average Bonchev–Trinajstić information content (AvgIpc) is 3.27. The molecule has 2 aliphatic rings. The molecule has 1 amide bonds. The number of nitrogens with zero attached hydrogens (tertiary/aromatic N) is 4. The number of rotatable bonds is 7. The number of thioether (sulfide) groups is 1. The van der Waals surface area contributed by atoms with Crippen molar-refractivity contribution in [2.24, 2.45) is 0 Å². The van der Waals surface area contributed by atoms with Crippen molar-refractivity contribution in [2.75, 3.05) is 55.5 Å². The molecule has 0 radical (unpaired) electrons. The van der Waals surface area contributed by atoms with Gasteiger partial charge in [-0.2, -0.15) is 0 Å². The molecule has 9 nitrogen and oxygen atoms in total. The summed E-state index contributed by atoms with van der Waals surface area (Å²) in [7, 11) is 0. The van der Waals surface area contributed by atoms with Gasteiger partial charge in [-0.1, -0.05) is 11.8 Å². The average molecular weight is 488 g/mol. The van der Waals surface area contributed by atoms with Gasteiger partial charge in [0.05, 0.1) is 49.0 Å². The number of thiazole rings is 1. The lowest BCUT2D eigenvalue weighted by molar-refractivity contribution is -0.178. The summed E-state index contributed by atoms with van der Waals surface area (Å²) in [5.41, 5.74) is 1.90. The molecule has 0 spiro atoms. The Morgan fingerprint density at radius 1 is 1.15 bits per heavy atom. The standard InChI is InChI=1S/C22H25N5O4S2/c28-21(17-13-23-14-19(25-17)27-5-9-29-10-6-27)24-15-2-3-16-18(12-15)33-22(26-16)32-11-4-20-30-7-1-8-31-20/h2-3,12-14,20H,1,4-11H2,(H,24,28). The summed E-state index contributed by atoms with van der Waals surface area (Å²) >= 11 is 3.31. The Kier molecular flexibility index (Phi) is 7.32. The largest absolute Gasteiger partial charge is 0.378 e. The molecule has 2 aromatic heterocycles. The molecule has 1 N–H and O–H groups in total. The predicted molar refractivity (Wildman–Crippen MR) is 128 cm³/mol. The van der Waals surface area contributed by atoms with Crippen molar-refractivity contribution in [3.63, 3.8) is 0 Å². The maximum atomic E-state index is 12.8. The minimum atomic E-state index is -0.288. The van der Waals surface area contributed by atoms with Crippen LogP contribution >= 0.6 is 23.1 Å². The van der Waals surface area contributed by atoms with E-state index in [9.17, 15) is 4.79 Å². The van der Waals surface area contributed by atoms with Gasteiger partial charge in [-0.3, -0.25) is 9.78 Å². The highest BCUT2D eigenvalue weighted by molar-refractivity contribution is 8.01. The van der Waals surface area contributed by atoms with Crippen LogP contribution in [-0.4, -0.2) is 72.4 Å². The van der Waals surface area contributed by atoms with Crippen LogP contribution in [0.2, 0.25) is 0 Å². The van der Waals surface area contributed by atoms with Crippen LogP contribution in [0.25, 0.3) is 10.2 Å². The fourth-order valence-electron chi connectivity index (χ4n) is 3.59. The minimum absolute atomic E-state index is 0.104. The first-order valence-electron chi connectivity index (χ1n) is 11.0. The number of hydrogen-bond donors (Lipinski definition) is 1. The zero-order valence-electron chi connectivity index (χ0n) is 18.1.